The molecule has 1 fully saturated rings. The minimum Gasteiger partial charge on any atom is -0.496 e. The Morgan fingerprint density at radius 2 is 2.37 bits per heavy atom. The zero-order chi connectivity index (χ0) is 13.8. The molecule has 0 heterocycles. The summed E-state index contributed by atoms with van der Waals surface area (Å²) >= 11 is 0. The van der Waals surface area contributed by atoms with Crippen molar-refractivity contribution in [2.24, 2.45) is 5.92 Å². The molecule has 1 aliphatic rings. The van der Waals surface area contributed by atoms with E-state index in [1.165, 1.54) is 18.2 Å². The van der Waals surface area contributed by atoms with Crippen molar-refractivity contribution in [3.8, 4) is 5.75 Å². The number of benzene rings is 1. The standard InChI is InChI=1S/C15H17FO3/c1-19-14-6-5-13(16)8-12(14)7-10-3-2-4-11(10)9-15(17)18/h5-6,8-10H,2-4,7H2,1H3,(H,17,18)/b11-9+. The predicted molar refractivity (Wildman–Crippen MR) is 69.7 cm³/mol. The fourth-order valence-electron chi connectivity index (χ4n) is 2.70. The Bertz CT molecular complexity index is 508. The van der Waals surface area contributed by atoms with Crippen molar-refractivity contribution in [2.75, 3.05) is 7.11 Å². The van der Waals surface area contributed by atoms with Crippen molar-refractivity contribution in [1.29, 1.82) is 0 Å². The van der Waals surface area contributed by atoms with Gasteiger partial charge in [-0.1, -0.05) is 5.57 Å². The van der Waals surface area contributed by atoms with E-state index >= 15 is 0 Å². The third-order valence-electron chi connectivity index (χ3n) is 3.56. The summed E-state index contributed by atoms with van der Waals surface area (Å²) in [6, 6.07) is 4.45. The van der Waals surface area contributed by atoms with E-state index in [-0.39, 0.29) is 11.7 Å². The van der Waals surface area contributed by atoms with Crippen LogP contribution < -0.4 is 4.74 Å². The summed E-state index contributed by atoms with van der Waals surface area (Å²) in [5.41, 5.74) is 1.74. The normalized spacial score (nSPS) is 20.7. The van der Waals surface area contributed by atoms with Gasteiger partial charge in [0.05, 0.1) is 7.11 Å². The zero-order valence-corrected chi connectivity index (χ0v) is 10.9. The maximum atomic E-state index is 13.3. The average molecular weight is 264 g/mol. The number of aliphatic carboxylic acids is 1. The molecule has 1 unspecified atom stereocenters. The number of rotatable bonds is 4. The molecule has 19 heavy (non-hydrogen) atoms. The number of allylic oxidation sites excluding steroid dienone is 1. The molecule has 0 spiro atoms. The van der Waals surface area contributed by atoms with Gasteiger partial charge in [0.1, 0.15) is 11.6 Å². The fourth-order valence-corrected chi connectivity index (χ4v) is 2.70. The van der Waals surface area contributed by atoms with Gasteiger partial charge in [-0.25, -0.2) is 9.18 Å². The molecule has 0 bridgehead atoms. The van der Waals surface area contributed by atoms with Crippen LogP contribution in [0.5, 0.6) is 5.75 Å². The summed E-state index contributed by atoms with van der Waals surface area (Å²) in [7, 11) is 1.55. The topological polar surface area (TPSA) is 46.5 Å². The summed E-state index contributed by atoms with van der Waals surface area (Å²) in [6.45, 7) is 0. The lowest BCUT2D eigenvalue weighted by atomic mass is 9.93. The van der Waals surface area contributed by atoms with E-state index in [4.69, 9.17) is 9.84 Å². The molecule has 1 N–H and O–H groups in total. The van der Waals surface area contributed by atoms with Gasteiger partial charge in [-0.2, -0.15) is 0 Å². The first-order chi connectivity index (χ1) is 9.10. The number of hydrogen-bond acceptors (Lipinski definition) is 2. The number of hydrogen-bond donors (Lipinski definition) is 1. The van der Waals surface area contributed by atoms with Crippen molar-refractivity contribution in [2.45, 2.75) is 25.7 Å². The number of ether oxygens (including phenoxy) is 1. The Morgan fingerprint density at radius 1 is 1.58 bits per heavy atom. The highest BCUT2D eigenvalue weighted by atomic mass is 19.1. The van der Waals surface area contributed by atoms with Gasteiger partial charge in [-0.15, -0.1) is 0 Å². The Labute approximate surface area is 111 Å². The maximum absolute atomic E-state index is 13.3. The average Bonchev–Trinajstić information content (AvgIpc) is 2.76. The highest BCUT2D eigenvalue weighted by Gasteiger charge is 2.23. The number of carboxylic acid groups (broad SMARTS) is 1. The number of halogens is 1. The highest BCUT2D eigenvalue weighted by molar-refractivity contribution is 5.80. The molecule has 3 nitrogen and oxygen atoms in total. The molecule has 0 aromatic heterocycles. The molecular formula is C15H17FO3. The van der Waals surface area contributed by atoms with Gasteiger partial charge in [-0.3, -0.25) is 0 Å². The van der Waals surface area contributed by atoms with E-state index < -0.39 is 5.97 Å². The van der Waals surface area contributed by atoms with Crippen LogP contribution in [0.2, 0.25) is 0 Å². The van der Waals surface area contributed by atoms with Gasteiger partial charge in [-0.05, 0) is 55.4 Å². The van der Waals surface area contributed by atoms with Crippen molar-refractivity contribution >= 4 is 5.97 Å². The van der Waals surface area contributed by atoms with Crippen molar-refractivity contribution in [3.05, 3.63) is 41.2 Å². The number of carbonyl (C=O) groups is 1. The molecule has 0 amide bonds. The molecule has 4 heteroatoms. The van der Waals surface area contributed by atoms with Crippen LogP contribution in [0.25, 0.3) is 0 Å². The van der Waals surface area contributed by atoms with E-state index in [1.54, 1.807) is 13.2 Å². The highest BCUT2D eigenvalue weighted by Crippen LogP contribution is 2.35. The lowest BCUT2D eigenvalue weighted by Gasteiger charge is -2.14. The first-order valence-corrected chi connectivity index (χ1v) is 6.36. The quantitative estimate of drug-likeness (QED) is 0.849. The molecule has 1 saturated carbocycles. The van der Waals surface area contributed by atoms with Gasteiger partial charge in [0, 0.05) is 6.08 Å². The number of carboxylic acids is 1. The van der Waals surface area contributed by atoms with E-state index in [0.29, 0.717) is 12.2 Å². The van der Waals surface area contributed by atoms with E-state index in [2.05, 4.69) is 0 Å². The Kier molecular flexibility index (Phi) is 4.20. The van der Waals surface area contributed by atoms with Crippen LogP contribution in [0.15, 0.2) is 29.8 Å². The van der Waals surface area contributed by atoms with Crippen LogP contribution in [0, 0.1) is 11.7 Å². The second-order valence-corrected chi connectivity index (χ2v) is 4.81. The van der Waals surface area contributed by atoms with Gasteiger partial charge in [0.25, 0.3) is 0 Å². The van der Waals surface area contributed by atoms with Gasteiger partial charge >= 0.3 is 5.97 Å². The Morgan fingerprint density at radius 3 is 3.05 bits per heavy atom. The van der Waals surface area contributed by atoms with Crippen LogP contribution in [0.3, 0.4) is 0 Å². The maximum Gasteiger partial charge on any atom is 0.328 e. The predicted octanol–water partition coefficient (Wildman–Crippen LogP) is 3.19. The van der Waals surface area contributed by atoms with Crippen molar-refractivity contribution < 1.29 is 19.0 Å². The second kappa shape index (κ2) is 5.87. The zero-order valence-electron chi connectivity index (χ0n) is 10.9. The lowest BCUT2D eigenvalue weighted by molar-refractivity contribution is -0.131. The minimum atomic E-state index is -0.909. The van der Waals surface area contributed by atoms with Crippen LogP contribution in [0.1, 0.15) is 24.8 Å². The third kappa shape index (κ3) is 3.34. The first-order valence-electron chi connectivity index (χ1n) is 6.36. The second-order valence-electron chi connectivity index (χ2n) is 4.81. The van der Waals surface area contributed by atoms with Gasteiger partial charge in [0.2, 0.25) is 0 Å². The molecule has 0 aliphatic heterocycles. The van der Waals surface area contributed by atoms with E-state index in [0.717, 1.165) is 30.4 Å². The molecule has 102 valence electrons. The largest absolute Gasteiger partial charge is 0.496 e. The molecule has 1 aromatic carbocycles. The Balaban J connectivity index is 2.21. The minimum absolute atomic E-state index is 0.173. The summed E-state index contributed by atoms with van der Waals surface area (Å²) in [6.07, 6.45) is 4.66. The van der Waals surface area contributed by atoms with Crippen LogP contribution in [0.4, 0.5) is 4.39 Å². The molecule has 1 atom stereocenters. The molecule has 2 rings (SSSR count). The molecular weight excluding hydrogens is 247 g/mol. The first kappa shape index (κ1) is 13.6. The molecule has 1 aromatic rings. The Hall–Kier alpha value is -1.84. The van der Waals surface area contributed by atoms with Crippen LogP contribution in [-0.4, -0.2) is 18.2 Å². The summed E-state index contributed by atoms with van der Waals surface area (Å²) in [4.78, 5) is 10.8. The lowest BCUT2D eigenvalue weighted by Crippen LogP contribution is -2.05. The summed E-state index contributed by atoms with van der Waals surface area (Å²) in [5.74, 6) is -0.375. The molecule has 1 aliphatic carbocycles. The summed E-state index contributed by atoms with van der Waals surface area (Å²) in [5, 5.41) is 8.84. The fraction of sp³-hybridized carbons (Fsp3) is 0.400. The van der Waals surface area contributed by atoms with Crippen molar-refractivity contribution in [1.82, 2.24) is 0 Å². The van der Waals surface area contributed by atoms with Crippen LogP contribution >= 0.6 is 0 Å². The smallest absolute Gasteiger partial charge is 0.328 e. The molecule has 0 saturated heterocycles. The van der Waals surface area contributed by atoms with Crippen molar-refractivity contribution in [3.63, 3.8) is 0 Å². The number of methoxy groups -OCH3 is 1. The van der Waals surface area contributed by atoms with Gasteiger partial charge < -0.3 is 9.84 Å². The van der Waals surface area contributed by atoms with Crippen LogP contribution in [-0.2, 0) is 11.2 Å². The van der Waals surface area contributed by atoms with Gasteiger partial charge in [0.15, 0.2) is 0 Å². The molecule has 0 radical (unpaired) electrons. The van der Waals surface area contributed by atoms with E-state index in [9.17, 15) is 9.18 Å². The SMILES string of the molecule is COc1ccc(F)cc1CC1CCC/C1=C\C(=O)O. The monoisotopic (exact) mass is 264 g/mol. The summed E-state index contributed by atoms with van der Waals surface area (Å²) < 4.78 is 18.5. The van der Waals surface area contributed by atoms with E-state index in [1.807, 2.05) is 0 Å². The third-order valence-corrected chi connectivity index (χ3v) is 3.56.